The third-order valence-corrected chi connectivity index (χ3v) is 6.90. The van der Waals surface area contributed by atoms with Gasteiger partial charge >= 0.3 is 0 Å². The Balaban J connectivity index is 1.53. The molecule has 1 amide bonds. The van der Waals surface area contributed by atoms with E-state index in [9.17, 15) is 19.1 Å². The summed E-state index contributed by atoms with van der Waals surface area (Å²) in [7, 11) is 3.44. The molecule has 1 N–H and O–H groups in total. The molecule has 5 rings (SSSR count). The molecule has 2 aliphatic heterocycles. The van der Waals surface area contributed by atoms with E-state index in [-0.39, 0.29) is 36.9 Å². The van der Waals surface area contributed by atoms with Crippen molar-refractivity contribution in [3.05, 3.63) is 94.8 Å². The maximum Gasteiger partial charge on any atom is 0.295 e. The van der Waals surface area contributed by atoms with Crippen LogP contribution >= 0.6 is 0 Å². The van der Waals surface area contributed by atoms with Gasteiger partial charge in [-0.2, -0.15) is 0 Å². The summed E-state index contributed by atoms with van der Waals surface area (Å²) in [5.41, 5.74) is 2.57. The van der Waals surface area contributed by atoms with E-state index in [1.54, 1.807) is 54.6 Å². The Morgan fingerprint density at radius 3 is 2.67 bits per heavy atom. The number of hydrogen-bond donors (Lipinski definition) is 1. The van der Waals surface area contributed by atoms with Gasteiger partial charge in [-0.1, -0.05) is 24.3 Å². The molecule has 1 unspecified atom stereocenters. The monoisotopic (exact) mass is 532 g/mol. The van der Waals surface area contributed by atoms with Crippen molar-refractivity contribution < 1.29 is 33.3 Å². The lowest BCUT2D eigenvalue weighted by Gasteiger charge is -2.28. The summed E-state index contributed by atoms with van der Waals surface area (Å²) in [5.74, 6) is -0.893. The summed E-state index contributed by atoms with van der Waals surface area (Å²) in [5, 5.41) is 11.4. The molecule has 2 aliphatic rings. The van der Waals surface area contributed by atoms with Gasteiger partial charge in [-0.3, -0.25) is 9.59 Å². The molecule has 8 nitrogen and oxygen atoms in total. The Labute approximate surface area is 225 Å². The van der Waals surface area contributed by atoms with Gasteiger partial charge in [0.2, 0.25) is 0 Å². The van der Waals surface area contributed by atoms with Crippen molar-refractivity contribution in [1.82, 2.24) is 4.90 Å². The number of nitrogens with zero attached hydrogens (tertiary/aromatic N) is 2. The number of ketones is 1. The fourth-order valence-electron chi connectivity index (χ4n) is 4.82. The molecule has 0 aliphatic carbocycles. The highest BCUT2D eigenvalue weighted by molar-refractivity contribution is 6.46. The molecule has 1 saturated heterocycles. The first-order valence-corrected chi connectivity index (χ1v) is 12.6. The number of carbonyl (C=O) groups excluding carboxylic acids is 2. The van der Waals surface area contributed by atoms with Crippen LogP contribution in [0.15, 0.2) is 72.3 Å². The number of ether oxygens (including phenoxy) is 3. The predicted molar refractivity (Wildman–Crippen MR) is 143 cm³/mol. The van der Waals surface area contributed by atoms with Crippen LogP contribution in [0.5, 0.6) is 11.5 Å². The van der Waals surface area contributed by atoms with Gasteiger partial charge in [0, 0.05) is 26.3 Å². The van der Waals surface area contributed by atoms with Crippen LogP contribution in [0.2, 0.25) is 0 Å². The second kappa shape index (κ2) is 11.2. The molecule has 1 fully saturated rings. The van der Waals surface area contributed by atoms with Gasteiger partial charge in [0.05, 0.1) is 30.5 Å². The second-order valence-corrected chi connectivity index (χ2v) is 9.43. The number of carbonyl (C=O) groups is 2. The SMILES string of the molecule is COCCN1C(=O)C(=O)/C(=C(\O)c2ccc3c(c2)N(C)CCO3)C1c1cccc(OCc2ccc(F)cc2)c1. The number of aliphatic hydroxyl groups is 1. The van der Waals surface area contributed by atoms with E-state index in [4.69, 9.17) is 14.2 Å². The highest BCUT2D eigenvalue weighted by atomic mass is 19.1. The summed E-state index contributed by atoms with van der Waals surface area (Å²) in [4.78, 5) is 29.9. The number of likely N-dealkylation sites (tertiary alicyclic amines) is 1. The van der Waals surface area contributed by atoms with Crippen LogP contribution in [0.4, 0.5) is 10.1 Å². The van der Waals surface area contributed by atoms with Crippen molar-refractivity contribution in [3.63, 3.8) is 0 Å². The molecule has 0 aromatic heterocycles. The molecule has 9 heteroatoms. The lowest BCUT2D eigenvalue weighted by Crippen LogP contribution is -2.32. The Morgan fingerprint density at radius 2 is 1.90 bits per heavy atom. The van der Waals surface area contributed by atoms with Crippen LogP contribution in [0.1, 0.15) is 22.7 Å². The number of Topliss-reactive ketones (excluding diaryl/α,β-unsaturated/α-hetero) is 1. The molecule has 202 valence electrons. The van der Waals surface area contributed by atoms with Crippen molar-refractivity contribution in [1.29, 1.82) is 0 Å². The van der Waals surface area contributed by atoms with E-state index in [2.05, 4.69) is 0 Å². The maximum atomic E-state index is 13.3. The van der Waals surface area contributed by atoms with Crippen molar-refractivity contribution in [2.24, 2.45) is 0 Å². The third-order valence-electron chi connectivity index (χ3n) is 6.90. The first-order chi connectivity index (χ1) is 18.9. The zero-order chi connectivity index (χ0) is 27.5. The van der Waals surface area contributed by atoms with Crippen molar-refractivity contribution in [3.8, 4) is 11.5 Å². The topological polar surface area (TPSA) is 88.5 Å². The van der Waals surface area contributed by atoms with Crippen LogP contribution in [0.25, 0.3) is 5.76 Å². The third kappa shape index (κ3) is 5.31. The molecule has 0 spiro atoms. The van der Waals surface area contributed by atoms with Crippen molar-refractivity contribution >= 4 is 23.1 Å². The molecule has 0 radical (unpaired) electrons. The molecule has 0 saturated carbocycles. The highest BCUT2D eigenvalue weighted by Gasteiger charge is 2.46. The van der Waals surface area contributed by atoms with Crippen molar-refractivity contribution in [2.45, 2.75) is 12.6 Å². The fourth-order valence-corrected chi connectivity index (χ4v) is 4.82. The Hall–Kier alpha value is -4.37. The summed E-state index contributed by atoms with van der Waals surface area (Å²) in [6.07, 6.45) is 0. The summed E-state index contributed by atoms with van der Waals surface area (Å²) in [6.45, 7) is 1.82. The zero-order valence-corrected chi connectivity index (χ0v) is 21.7. The molecule has 3 aromatic carbocycles. The number of likely N-dealkylation sites (N-methyl/N-ethyl adjacent to an activating group) is 1. The van der Waals surface area contributed by atoms with E-state index in [1.165, 1.54) is 24.1 Å². The maximum absolute atomic E-state index is 13.3. The second-order valence-electron chi connectivity index (χ2n) is 9.43. The minimum Gasteiger partial charge on any atom is -0.507 e. The molecular weight excluding hydrogens is 503 g/mol. The summed E-state index contributed by atoms with van der Waals surface area (Å²) < 4.78 is 30.1. The van der Waals surface area contributed by atoms with E-state index in [1.807, 2.05) is 11.9 Å². The minimum absolute atomic E-state index is 0.00822. The Bertz CT molecular complexity index is 1420. The van der Waals surface area contributed by atoms with Gasteiger partial charge in [0.25, 0.3) is 11.7 Å². The largest absolute Gasteiger partial charge is 0.507 e. The molecule has 1 atom stereocenters. The fraction of sp³-hybridized carbons (Fsp3) is 0.267. The standard InChI is InChI=1S/C30H29FN2O6/c1-32-12-15-38-25-11-8-21(17-24(25)32)28(34)26-27(33(13-14-37-2)30(36)29(26)35)20-4-3-5-23(16-20)39-18-19-6-9-22(31)10-7-19/h3-11,16-17,27,34H,12-15,18H2,1-2H3/b28-26-. The molecule has 0 bridgehead atoms. The van der Waals surface area contributed by atoms with Crippen LogP contribution in [-0.2, 0) is 20.9 Å². The van der Waals surface area contributed by atoms with Gasteiger partial charge < -0.3 is 29.1 Å². The van der Waals surface area contributed by atoms with Gasteiger partial charge in [-0.15, -0.1) is 0 Å². The van der Waals surface area contributed by atoms with Gasteiger partial charge in [0.15, 0.2) is 0 Å². The van der Waals surface area contributed by atoms with Crippen LogP contribution < -0.4 is 14.4 Å². The van der Waals surface area contributed by atoms with E-state index < -0.39 is 17.7 Å². The Kier molecular flexibility index (Phi) is 7.51. The average molecular weight is 533 g/mol. The van der Waals surface area contributed by atoms with Crippen LogP contribution in [-0.4, -0.2) is 62.2 Å². The number of benzene rings is 3. The van der Waals surface area contributed by atoms with E-state index in [0.717, 1.165) is 11.3 Å². The van der Waals surface area contributed by atoms with Gasteiger partial charge in [-0.05, 0) is 53.6 Å². The number of aliphatic hydroxyl groups excluding tert-OH is 1. The first kappa shape index (κ1) is 26.2. The number of halogens is 1. The predicted octanol–water partition coefficient (Wildman–Crippen LogP) is 4.30. The minimum atomic E-state index is -0.848. The van der Waals surface area contributed by atoms with Gasteiger partial charge in [-0.25, -0.2) is 4.39 Å². The lowest BCUT2D eigenvalue weighted by molar-refractivity contribution is -0.140. The van der Waals surface area contributed by atoms with Crippen molar-refractivity contribution in [2.75, 3.05) is 45.4 Å². The number of fused-ring (bicyclic) bond motifs is 1. The zero-order valence-electron chi connectivity index (χ0n) is 21.7. The quantitative estimate of drug-likeness (QED) is 0.263. The Morgan fingerprint density at radius 1 is 1.10 bits per heavy atom. The lowest BCUT2D eigenvalue weighted by atomic mass is 9.95. The number of hydrogen-bond acceptors (Lipinski definition) is 7. The van der Waals surface area contributed by atoms with E-state index in [0.29, 0.717) is 35.8 Å². The van der Waals surface area contributed by atoms with Gasteiger partial charge in [0.1, 0.15) is 36.3 Å². The smallest absolute Gasteiger partial charge is 0.295 e. The van der Waals surface area contributed by atoms with Crippen LogP contribution in [0.3, 0.4) is 0 Å². The molecule has 2 heterocycles. The molecule has 3 aromatic rings. The number of amides is 1. The first-order valence-electron chi connectivity index (χ1n) is 12.6. The molecule has 39 heavy (non-hydrogen) atoms. The summed E-state index contributed by atoms with van der Waals surface area (Å²) in [6, 6.07) is 17.4. The average Bonchev–Trinajstić information content (AvgIpc) is 3.20. The van der Waals surface area contributed by atoms with E-state index >= 15 is 0 Å². The number of anilines is 1. The highest BCUT2D eigenvalue weighted by Crippen LogP contribution is 2.41. The van der Waals surface area contributed by atoms with Crippen LogP contribution in [0, 0.1) is 5.82 Å². The number of methoxy groups -OCH3 is 1. The molecular formula is C30H29FN2O6. The normalized spacial score (nSPS) is 18.2. The summed E-state index contributed by atoms with van der Waals surface area (Å²) >= 11 is 0. The number of rotatable bonds is 8.